The summed E-state index contributed by atoms with van der Waals surface area (Å²) in [5.74, 6) is 1.73. The second-order valence-corrected chi connectivity index (χ2v) is 4.67. The Morgan fingerprint density at radius 2 is 1.28 bits per heavy atom. The highest BCUT2D eigenvalue weighted by Gasteiger charge is 2.21. The number of ether oxygens (including phenoxy) is 2. The van der Waals surface area contributed by atoms with Gasteiger partial charge < -0.3 is 14.0 Å². The van der Waals surface area contributed by atoms with Crippen LogP contribution in [0.1, 0.15) is 26.3 Å². The Hall–Kier alpha value is -1.22. The first-order valence-corrected chi connectivity index (χ1v) is 6.70. The summed E-state index contributed by atoms with van der Waals surface area (Å²) in [6.07, 6.45) is 0. The molecule has 0 fully saturated rings. The van der Waals surface area contributed by atoms with Gasteiger partial charge in [-0.2, -0.15) is 0 Å². The number of methoxy groups -OCH3 is 2. The predicted molar refractivity (Wildman–Crippen MR) is 75.1 cm³/mol. The topological polar surface area (TPSA) is 18.5 Å². The first kappa shape index (κ1) is 14.8. The fourth-order valence-electron chi connectivity index (χ4n) is 2.35. The smallest absolute Gasteiger partial charge is 0.123 e. The summed E-state index contributed by atoms with van der Waals surface area (Å²) in [6, 6.07) is 6.13. The molecule has 0 saturated carbocycles. The molecule has 0 N–H and O–H groups in total. The zero-order valence-electron chi connectivity index (χ0n) is 12.3. The Balaban J connectivity index is 3.01. The lowest BCUT2D eigenvalue weighted by Crippen LogP contribution is -2.46. The number of quaternary nitrogens is 1. The number of hydrogen-bond donors (Lipinski definition) is 0. The van der Waals surface area contributed by atoms with Crippen molar-refractivity contribution in [1.82, 2.24) is 0 Å². The second kappa shape index (κ2) is 6.64. The van der Waals surface area contributed by atoms with E-state index in [4.69, 9.17) is 9.47 Å². The summed E-state index contributed by atoms with van der Waals surface area (Å²) >= 11 is 0. The van der Waals surface area contributed by atoms with Crippen LogP contribution in [-0.4, -0.2) is 38.3 Å². The quantitative estimate of drug-likeness (QED) is 0.694. The predicted octanol–water partition coefficient (Wildman–Crippen LogP) is 3.08. The van der Waals surface area contributed by atoms with Gasteiger partial charge in [0, 0.05) is 11.6 Å². The lowest BCUT2D eigenvalue weighted by Gasteiger charge is -2.36. The van der Waals surface area contributed by atoms with Gasteiger partial charge in [0.15, 0.2) is 0 Å². The van der Waals surface area contributed by atoms with Crippen LogP contribution in [0.15, 0.2) is 18.2 Å². The standard InChI is InChI=1S/C15H26NO2/c1-6-16(7-2,8-3)12-13-9-14(17-4)11-15(10-13)18-5/h9-11H,6-8,12H2,1-5H3/q+1. The molecule has 0 aliphatic rings. The van der Waals surface area contributed by atoms with Crippen molar-refractivity contribution in [2.24, 2.45) is 0 Å². The van der Waals surface area contributed by atoms with Gasteiger partial charge in [0.25, 0.3) is 0 Å². The van der Waals surface area contributed by atoms with Crippen molar-refractivity contribution < 1.29 is 14.0 Å². The fourth-order valence-corrected chi connectivity index (χ4v) is 2.35. The van der Waals surface area contributed by atoms with Crippen molar-refractivity contribution in [3.05, 3.63) is 23.8 Å². The van der Waals surface area contributed by atoms with Crippen LogP contribution in [-0.2, 0) is 6.54 Å². The fraction of sp³-hybridized carbons (Fsp3) is 0.600. The molecule has 0 radical (unpaired) electrons. The third-order valence-electron chi connectivity index (χ3n) is 3.94. The lowest BCUT2D eigenvalue weighted by atomic mass is 10.1. The average Bonchev–Trinajstić information content (AvgIpc) is 2.44. The molecular formula is C15H26NO2+. The molecule has 0 bridgehead atoms. The SMILES string of the molecule is CC[N+](CC)(CC)Cc1cc(OC)cc(OC)c1. The van der Waals surface area contributed by atoms with Crippen LogP contribution >= 0.6 is 0 Å². The lowest BCUT2D eigenvalue weighted by molar-refractivity contribution is -0.936. The molecule has 0 heterocycles. The Kier molecular flexibility index (Phi) is 5.48. The molecule has 0 unspecified atom stereocenters. The van der Waals surface area contributed by atoms with Gasteiger partial charge in [-0.1, -0.05) is 0 Å². The van der Waals surface area contributed by atoms with E-state index < -0.39 is 0 Å². The summed E-state index contributed by atoms with van der Waals surface area (Å²) in [4.78, 5) is 0. The van der Waals surface area contributed by atoms with E-state index in [1.807, 2.05) is 6.07 Å². The number of hydrogen-bond acceptors (Lipinski definition) is 2. The van der Waals surface area contributed by atoms with Gasteiger partial charge in [0.1, 0.15) is 18.0 Å². The number of nitrogens with zero attached hydrogens (tertiary/aromatic N) is 1. The van der Waals surface area contributed by atoms with Crippen LogP contribution in [0, 0.1) is 0 Å². The van der Waals surface area contributed by atoms with Crippen molar-refractivity contribution in [1.29, 1.82) is 0 Å². The average molecular weight is 252 g/mol. The van der Waals surface area contributed by atoms with Crippen molar-refractivity contribution >= 4 is 0 Å². The van der Waals surface area contributed by atoms with Gasteiger partial charge in [0.05, 0.1) is 33.9 Å². The van der Waals surface area contributed by atoms with Crippen LogP contribution in [0.2, 0.25) is 0 Å². The maximum atomic E-state index is 5.33. The number of benzene rings is 1. The Morgan fingerprint density at radius 1 is 0.833 bits per heavy atom. The zero-order chi connectivity index (χ0) is 13.6. The van der Waals surface area contributed by atoms with E-state index in [0.29, 0.717) is 0 Å². The highest BCUT2D eigenvalue weighted by atomic mass is 16.5. The Bertz CT molecular complexity index is 342. The molecule has 0 aliphatic carbocycles. The van der Waals surface area contributed by atoms with E-state index in [2.05, 4.69) is 32.9 Å². The third kappa shape index (κ3) is 3.39. The molecule has 1 aromatic carbocycles. The molecule has 0 atom stereocenters. The van der Waals surface area contributed by atoms with Gasteiger partial charge in [0.2, 0.25) is 0 Å². The Labute approximate surface area is 111 Å². The van der Waals surface area contributed by atoms with Gasteiger partial charge in [-0.25, -0.2) is 0 Å². The van der Waals surface area contributed by atoms with Crippen molar-refractivity contribution in [2.75, 3.05) is 33.9 Å². The van der Waals surface area contributed by atoms with Crippen LogP contribution in [0.3, 0.4) is 0 Å². The number of rotatable bonds is 7. The summed E-state index contributed by atoms with van der Waals surface area (Å²) in [7, 11) is 3.39. The minimum absolute atomic E-state index is 0.866. The van der Waals surface area contributed by atoms with Crippen LogP contribution < -0.4 is 9.47 Å². The molecule has 102 valence electrons. The molecule has 1 rings (SSSR count). The minimum Gasteiger partial charge on any atom is -0.497 e. The Morgan fingerprint density at radius 3 is 1.61 bits per heavy atom. The first-order valence-electron chi connectivity index (χ1n) is 6.70. The van der Waals surface area contributed by atoms with E-state index in [1.54, 1.807) is 14.2 Å². The summed E-state index contributed by atoms with van der Waals surface area (Å²) < 4.78 is 11.7. The molecule has 3 heteroatoms. The van der Waals surface area contributed by atoms with Gasteiger partial charge in [-0.15, -0.1) is 0 Å². The van der Waals surface area contributed by atoms with Crippen LogP contribution in [0.25, 0.3) is 0 Å². The van der Waals surface area contributed by atoms with Gasteiger partial charge in [-0.05, 0) is 32.9 Å². The molecule has 0 aliphatic heterocycles. The highest BCUT2D eigenvalue weighted by Crippen LogP contribution is 2.25. The monoisotopic (exact) mass is 252 g/mol. The largest absolute Gasteiger partial charge is 0.497 e. The van der Waals surface area contributed by atoms with E-state index in [-0.39, 0.29) is 0 Å². The van der Waals surface area contributed by atoms with Crippen molar-refractivity contribution in [3.8, 4) is 11.5 Å². The van der Waals surface area contributed by atoms with E-state index >= 15 is 0 Å². The van der Waals surface area contributed by atoms with Crippen molar-refractivity contribution in [2.45, 2.75) is 27.3 Å². The summed E-state index contributed by atoms with van der Waals surface area (Å²) in [5.41, 5.74) is 1.27. The molecular weight excluding hydrogens is 226 g/mol. The molecule has 0 saturated heterocycles. The molecule has 0 amide bonds. The molecule has 3 nitrogen and oxygen atoms in total. The van der Waals surface area contributed by atoms with Crippen molar-refractivity contribution in [3.63, 3.8) is 0 Å². The molecule has 18 heavy (non-hydrogen) atoms. The highest BCUT2D eigenvalue weighted by molar-refractivity contribution is 5.38. The molecule has 0 aromatic heterocycles. The second-order valence-electron chi connectivity index (χ2n) is 4.67. The normalized spacial score (nSPS) is 11.4. The van der Waals surface area contributed by atoms with Crippen LogP contribution in [0.5, 0.6) is 11.5 Å². The maximum Gasteiger partial charge on any atom is 0.123 e. The third-order valence-corrected chi connectivity index (χ3v) is 3.94. The first-order chi connectivity index (χ1) is 8.62. The molecule has 0 spiro atoms. The zero-order valence-corrected chi connectivity index (χ0v) is 12.3. The van der Waals surface area contributed by atoms with Gasteiger partial charge in [-0.3, -0.25) is 0 Å². The summed E-state index contributed by atoms with van der Waals surface area (Å²) in [5, 5.41) is 0. The van der Waals surface area contributed by atoms with Crippen LogP contribution in [0.4, 0.5) is 0 Å². The van der Waals surface area contributed by atoms with E-state index in [1.165, 1.54) is 5.56 Å². The van der Waals surface area contributed by atoms with E-state index in [9.17, 15) is 0 Å². The summed E-state index contributed by atoms with van der Waals surface area (Å²) in [6.45, 7) is 11.2. The van der Waals surface area contributed by atoms with Gasteiger partial charge >= 0.3 is 0 Å². The maximum absolute atomic E-state index is 5.33. The van der Waals surface area contributed by atoms with E-state index in [0.717, 1.165) is 42.2 Å². The molecule has 1 aromatic rings. The minimum atomic E-state index is 0.866.